The minimum absolute atomic E-state index is 0.0577. The number of hydrogen-bond acceptors (Lipinski definition) is 8. The summed E-state index contributed by atoms with van der Waals surface area (Å²) in [6.45, 7) is 8.75. The molecule has 4 saturated carbocycles. The van der Waals surface area contributed by atoms with Gasteiger partial charge in [0.1, 0.15) is 10.7 Å². The molecule has 8 rings (SSSR count). The predicted octanol–water partition coefficient (Wildman–Crippen LogP) is 7.36. The van der Waals surface area contributed by atoms with Crippen LogP contribution in [0.25, 0.3) is 15.0 Å². The Morgan fingerprint density at radius 3 is 1.71 bits per heavy atom. The van der Waals surface area contributed by atoms with Gasteiger partial charge in [0.2, 0.25) is 0 Å². The van der Waals surface area contributed by atoms with Gasteiger partial charge >= 0.3 is 0 Å². The number of fused-ring (bicyclic) bond motifs is 6. The van der Waals surface area contributed by atoms with Crippen LogP contribution >= 0.6 is 22.7 Å². The number of allylic oxidation sites excluding steroid dienone is 3. The fourth-order valence-corrected chi connectivity index (χ4v) is 11.7. The molecule has 0 spiro atoms. The number of nitrogens with zero attached hydrogens (tertiary/aromatic N) is 2. The van der Waals surface area contributed by atoms with Crippen molar-refractivity contribution < 1.29 is 19.2 Å². The first-order chi connectivity index (χ1) is 20.0. The van der Waals surface area contributed by atoms with E-state index in [0.29, 0.717) is 0 Å². The van der Waals surface area contributed by atoms with Crippen LogP contribution in [0.4, 0.5) is 5.00 Å². The maximum atomic E-state index is 13.2. The van der Waals surface area contributed by atoms with Gasteiger partial charge < -0.3 is 0 Å². The van der Waals surface area contributed by atoms with Gasteiger partial charge in [0.15, 0.2) is 28.8 Å². The van der Waals surface area contributed by atoms with Crippen LogP contribution in [0.5, 0.6) is 0 Å². The quantitative estimate of drug-likeness (QED) is 0.361. The van der Waals surface area contributed by atoms with Gasteiger partial charge in [-0.05, 0) is 54.5 Å². The van der Waals surface area contributed by atoms with Crippen molar-refractivity contribution in [3.05, 3.63) is 33.9 Å². The highest BCUT2D eigenvalue weighted by Crippen LogP contribution is 2.64. The van der Waals surface area contributed by atoms with Crippen molar-refractivity contribution in [2.45, 2.75) is 84.5 Å². The van der Waals surface area contributed by atoms with Crippen LogP contribution in [-0.2, 0) is 24.6 Å². The number of thiophene rings is 2. The first kappa shape index (κ1) is 26.8. The Labute approximate surface area is 253 Å². The van der Waals surface area contributed by atoms with Crippen molar-refractivity contribution >= 4 is 77.2 Å². The lowest BCUT2D eigenvalue weighted by Gasteiger charge is -2.24. The fourth-order valence-electron chi connectivity index (χ4n) is 8.65. The van der Waals surface area contributed by atoms with E-state index in [2.05, 4.69) is 38.8 Å². The van der Waals surface area contributed by atoms with Crippen molar-refractivity contribution in [2.24, 2.45) is 39.1 Å². The lowest BCUT2D eigenvalue weighted by atomic mass is 9.81. The smallest absolute Gasteiger partial charge is 0.188 e. The number of aliphatic imine (C=N–C) groups is 2. The van der Waals surface area contributed by atoms with E-state index in [1.54, 1.807) is 22.7 Å². The maximum Gasteiger partial charge on any atom is 0.188 e. The van der Waals surface area contributed by atoms with Crippen molar-refractivity contribution in [2.75, 3.05) is 0 Å². The molecule has 0 radical (unpaired) electrons. The standard InChI is InChI=1S/C34H34N2O4S2/c1-33(2)19-13-21(35-25-27(37)15-9-5-6-10-16(15)28(25)38)34(3,4)23(19)32-24(33)31-20(41-32)14-22(42-31)36-26-29(39)17-11-7-8-12-18(17)30(26)40/h13-18H,5-12H2,1-4H3. The zero-order valence-corrected chi connectivity index (χ0v) is 26.1. The summed E-state index contributed by atoms with van der Waals surface area (Å²) in [4.78, 5) is 63.3. The third kappa shape index (κ3) is 3.42. The summed E-state index contributed by atoms with van der Waals surface area (Å²) in [5.74, 6) is -0.953. The van der Waals surface area contributed by atoms with E-state index in [1.165, 1.54) is 21.6 Å². The Bertz CT molecular complexity index is 1740. The topological polar surface area (TPSA) is 93.0 Å². The molecule has 0 saturated heterocycles. The molecule has 2 aromatic heterocycles. The van der Waals surface area contributed by atoms with Crippen LogP contribution in [0.2, 0.25) is 0 Å². The van der Waals surface area contributed by atoms with Crippen LogP contribution < -0.4 is 0 Å². The van der Waals surface area contributed by atoms with Gasteiger partial charge in [-0.15, -0.1) is 22.7 Å². The molecular weight excluding hydrogens is 565 g/mol. The molecule has 6 nitrogen and oxygen atoms in total. The van der Waals surface area contributed by atoms with E-state index in [1.807, 2.05) is 6.07 Å². The Morgan fingerprint density at radius 1 is 0.690 bits per heavy atom. The zero-order valence-electron chi connectivity index (χ0n) is 24.5. The van der Waals surface area contributed by atoms with Gasteiger partial charge in [0, 0.05) is 44.1 Å². The lowest BCUT2D eigenvalue weighted by molar-refractivity contribution is -0.120. The second-order valence-corrected chi connectivity index (χ2v) is 16.1. The summed E-state index contributed by atoms with van der Waals surface area (Å²) in [5, 5.41) is 0.721. The van der Waals surface area contributed by atoms with E-state index < -0.39 is 5.41 Å². The van der Waals surface area contributed by atoms with Crippen LogP contribution in [0.3, 0.4) is 0 Å². The predicted molar refractivity (Wildman–Crippen MR) is 167 cm³/mol. The van der Waals surface area contributed by atoms with E-state index >= 15 is 0 Å². The number of Topliss-reactive ketones (excluding diaryl/α,β-unsaturated/α-hetero) is 4. The monoisotopic (exact) mass is 598 g/mol. The molecule has 0 aromatic carbocycles. The highest BCUT2D eigenvalue weighted by atomic mass is 32.1. The molecule has 0 N–H and O–H groups in total. The first-order valence-corrected chi connectivity index (χ1v) is 17.0. The van der Waals surface area contributed by atoms with Crippen LogP contribution in [-0.4, -0.2) is 34.6 Å². The molecule has 4 atom stereocenters. The van der Waals surface area contributed by atoms with Gasteiger partial charge in [-0.1, -0.05) is 53.4 Å². The Kier molecular flexibility index (Phi) is 5.64. The number of hydrogen-bond donors (Lipinski definition) is 0. The van der Waals surface area contributed by atoms with Crippen molar-refractivity contribution in [3.63, 3.8) is 0 Å². The van der Waals surface area contributed by atoms with Gasteiger partial charge in [0.25, 0.3) is 0 Å². The van der Waals surface area contributed by atoms with E-state index in [0.717, 1.165) is 71.5 Å². The van der Waals surface area contributed by atoms with E-state index in [4.69, 9.17) is 4.99 Å². The minimum atomic E-state index is -0.450. The molecule has 216 valence electrons. The number of carbonyl (C=O) groups excluding carboxylic acids is 4. The largest absolute Gasteiger partial charge is 0.292 e. The Balaban J connectivity index is 1.15. The molecule has 8 heteroatoms. The summed E-state index contributed by atoms with van der Waals surface area (Å²) >= 11 is 3.30. The Morgan fingerprint density at radius 2 is 1.19 bits per heavy atom. The molecule has 6 aliphatic carbocycles. The lowest BCUT2D eigenvalue weighted by Crippen LogP contribution is -2.21. The van der Waals surface area contributed by atoms with Gasteiger partial charge in [-0.3, -0.25) is 19.2 Å². The molecule has 42 heavy (non-hydrogen) atoms. The van der Waals surface area contributed by atoms with E-state index in [-0.39, 0.29) is 63.6 Å². The normalized spacial score (nSPS) is 31.1. The number of ketones is 4. The molecular formula is C34H34N2O4S2. The summed E-state index contributed by atoms with van der Waals surface area (Å²) < 4.78 is 2.27. The average molecular weight is 599 g/mol. The zero-order chi connectivity index (χ0) is 29.3. The summed E-state index contributed by atoms with van der Waals surface area (Å²) in [6, 6.07) is 2.03. The first-order valence-electron chi connectivity index (χ1n) is 15.4. The molecule has 2 heterocycles. The molecule has 2 aromatic rings. The highest BCUT2D eigenvalue weighted by molar-refractivity contribution is 7.30. The van der Waals surface area contributed by atoms with Crippen LogP contribution in [0.15, 0.2) is 33.4 Å². The second-order valence-electron chi connectivity index (χ2n) is 14.0. The minimum Gasteiger partial charge on any atom is -0.292 e. The third-order valence-corrected chi connectivity index (χ3v) is 13.3. The van der Waals surface area contributed by atoms with Crippen LogP contribution in [0, 0.1) is 29.1 Å². The Hall–Kier alpha value is -2.84. The van der Waals surface area contributed by atoms with E-state index in [9.17, 15) is 19.2 Å². The maximum absolute atomic E-state index is 13.2. The SMILES string of the molecule is CC1(C)C(N=C2C(=O)C3CCCCC3C2=O)=CC2=C1c1sc3cc(N=C4C(=O)C5CCCCC5C4=O)sc3c1C2(C)C. The molecule has 0 bridgehead atoms. The molecule has 4 unspecified atom stereocenters. The second kappa shape index (κ2) is 8.85. The van der Waals surface area contributed by atoms with Gasteiger partial charge in [-0.25, -0.2) is 9.98 Å². The summed E-state index contributed by atoms with van der Waals surface area (Å²) in [5.41, 5.74) is 4.04. The van der Waals surface area contributed by atoms with Crippen molar-refractivity contribution in [3.8, 4) is 0 Å². The van der Waals surface area contributed by atoms with Crippen LogP contribution in [0.1, 0.15) is 89.5 Å². The summed E-state index contributed by atoms with van der Waals surface area (Å²) in [7, 11) is 0. The highest BCUT2D eigenvalue weighted by Gasteiger charge is 2.52. The van der Waals surface area contributed by atoms with Gasteiger partial charge in [0.05, 0.1) is 10.4 Å². The number of rotatable bonds is 2. The summed E-state index contributed by atoms with van der Waals surface area (Å²) in [6.07, 6.45) is 9.34. The fraction of sp³-hybridized carbons (Fsp3) is 0.529. The number of carbonyl (C=O) groups is 4. The van der Waals surface area contributed by atoms with Crippen molar-refractivity contribution in [1.82, 2.24) is 0 Å². The molecule has 6 aliphatic rings. The average Bonchev–Trinajstić information content (AvgIpc) is 3.73. The van der Waals surface area contributed by atoms with Gasteiger partial charge in [-0.2, -0.15) is 0 Å². The molecule has 0 amide bonds. The molecule has 0 aliphatic heterocycles. The van der Waals surface area contributed by atoms with Crippen molar-refractivity contribution in [1.29, 1.82) is 0 Å². The molecule has 4 fully saturated rings. The third-order valence-electron chi connectivity index (χ3n) is 11.0.